The summed E-state index contributed by atoms with van der Waals surface area (Å²) in [5.41, 5.74) is 0. The van der Waals surface area contributed by atoms with Crippen LogP contribution < -0.4 is 10.6 Å². The van der Waals surface area contributed by atoms with Crippen LogP contribution in [-0.2, 0) is 4.79 Å². The minimum absolute atomic E-state index is 0. The normalized spacial score (nSPS) is 24.0. The number of hydrogen-bond acceptors (Lipinski definition) is 2. The second-order valence-corrected chi connectivity index (χ2v) is 7.53. The predicted molar refractivity (Wildman–Crippen MR) is 95.4 cm³/mol. The van der Waals surface area contributed by atoms with Gasteiger partial charge in [0.15, 0.2) is 0 Å². The molecule has 1 amide bonds. The first-order valence-corrected chi connectivity index (χ1v) is 9.15. The lowest BCUT2D eigenvalue weighted by molar-refractivity contribution is -0.127. The minimum Gasteiger partial charge on any atom is -0.356 e. The van der Waals surface area contributed by atoms with Crippen LogP contribution in [0.1, 0.15) is 65.2 Å². The fourth-order valence-electron chi connectivity index (χ4n) is 3.96. The van der Waals surface area contributed by atoms with Crippen LogP contribution in [0.2, 0.25) is 0 Å². The summed E-state index contributed by atoms with van der Waals surface area (Å²) in [5.74, 6) is 2.54. The first-order valence-electron chi connectivity index (χ1n) is 9.15. The predicted octanol–water partition coefficient (Wildman–Crippen LogP) is 3.77. The van der Waals surface area contributed by atoms with E-state index in [9.17, 15) is 4.79 Å². The third-order valence-corrected chi connectivity index (χ3v) is 5.47. The molecule has 0 bridgehead atoms. The number of carbonyl (C=O) groups excluding carboxylic acids is 1. The van der Waals surface area contributed by atoms with E-state index in [1.54, 1.807) is 0 Å². The van der Waals surface area contributed by atoms with Gasteiger partial charge in [-0.1, -0.05) is 46.0 Å². The average molecular weight is 331 g/mol. The van der Waals surface area contributed by atoms with E-state index in [0.717, 1.165) is 44.3 Å². The average Bonchev–Trinajstić information content (AvgIpc) is 2.98. The van der Waals surface area contributed by atoms with Crippen molar-refractivity contribution in [3.8, 4) is 0 Å². The lowest BCUT2D eigenvalue weighted by Crippen LogP contribution is -2.36. The van der Waals surface area contributed by atoms with Gasteiger partial charge in [0.1, 0.15) is 0 Å². The Bertz CT molecular complexity index is 310. The maximum atomic E-state index is 12.5. The van der Waals surface area contributed by atoms with Crippen molar-refractivity contribution in [2.45, 2.75) is 65.2 Å². The first kappa shape index (κ1) is 19.8. The molecule has 2 atom stereocenters. The van der Waals surface area contributed by atoms with Crippen LogP contribution in [0, 0.1) is 23.7 Å². The number of nitrogens with one attached hydrogen (secondary N) is 2. The number of rotatable bonds is 7. The molecule has 0 aromatic heterocycles. The molecule has 1 aliphatic heterocycles. The molecule has 130 valence electrons. The van der Waals surface area contributed by atoms with Crippen LogP contribution in [0.3, 0.4) is 0 Å². The van der Waals surface area contributed by atoms with E-state index in [4.69, 9.17) is 0 Å². The number of hydrogen-bond donors (Lipinski definition) is 2. The highest BCUT2D eigenvalue weighted by atomic mass is 35.5. The van der Waals surface area contributed by atoms with Gasteiger partial charge in [0.05, 0.1) is 0 Å². The van der Waals surface area contributed by atoms with E-state index in [1.165, 1.54) is 38.5 Å². The first-order chi connectivity index (χ1) is 10.2. The van der Waals surface area contributed by atoms with E-state index in [2.05, 4.69) is 24.5 Å². The summed E-state index contributed by atoms with van der Waals surface area (Å²) < 4.78 is 0. The van der Waals surface area contributed by atoms with E-state index in [1.807, 2.05) is 0 Å². The van der Waals surface area contributed by atoms with Gasteiger partial charge in [0, 0.05) is 12.5 Å². The van der Waals surface area contributed by atoms with Crippen molar-refractivity contribution >= 4 is 18.3 Å². The van der Waals surface area contributed by atoms with E-state index in [0.29, 0.717) is 11.8 Å². The number of halogens is 1. The highest BCUT2D eigenvalue weighted by Gasteiger charge is 2.26. The molecule has 1 saturated heterocycles. The Morgan fingerprint density at radius 1 is 1.14 bits per heavy atom. The molecule has 22 heavy (non-hydrogen) atoms. The van der Waals surface area contributed by atoms with E-state index >= 15 is 0 Å². The summed E-state index contributed by atoms with van der Waals surface area (Å²) in [6.45, 7) is 7.54. The van der Waals surface area contributed by atoms with Crippen LogP contribution in [0.25, 0.3) is 0 Å². The monoisotopic (exact) mass is 330 g/mol. The molecule has 2 unspecified atom stereocenters. The molecule has 2 N–H and O–H groups in total. The lowest BCUT2D eigenvalue weighted by atomic mass is 9.79. The van der Waals surface area contributed by atoms with Gasteiger partial charge in [0.2, 0.25) is 5.91 Å². The van der Waals surface area contributed by atoms with Gasteiger partial charge in [-0.25, -0.2) is 0 Å². The Morgan fingerprint density at radius 2 is 1.86 bits per heavy atom. The SMILES string of the molecule is CC(C)C(CC1CCCCC1)C(=O)NCCC1CCNC1.Cl. The van der Waals surface area contributed by atoms with Crippen LogP contribution in [0.5, 0.6) is 0 Å². The van der Waals surface area contributed by atoms with Gasteiger partial charge in [-0.15, -0.1) is 12.4 Å². The zero-order chi connectivity index (χ0) is 15.1. The second kappa shape index (κ2) is 10.5. The Kier molecular flexibility index (Phi) is 9.42. The fourth-order valence-corrected chi connectivity index (χ4v) is 3.96. The number of amides is 1. The van der Waals surface area contributed by atoms with Crippen LogP contribution in [-0.4, -0.2) is 25.5 Å². The molecule has 0 spiro atoms. The summed E-state index contributed by atoms with van der Waals surface area (Å²) in [7, 11) is 0. The van der Waals surface area contributed by atoms with E-state index in [-0.39, 0.29) is 18.3 Å². The molecule has 4 heteroatoms. The maximum absolute atomic E-state index is 12.5. The summed E-state index contributed by atoms with van der Waals surface area (Å²) in [6.07, 6.45) is 10.3. The van der Waals surface area contributed by atoms with Gasteiger partial charge in [-0.05, 0) is 50.1 Å². The summed E-state index contributed by atoms with van der Waals surface area (Å²) in [6, 6.07) is 0. The standard InChI is InChI=1S/C18H34N2O.ClH/c1-14(2)17(12-15-6-4-3-5-7-15)18(21)20-11-9-16-8-10-19-13-16;/h14-17,19H,3-13H2,1-2H3,(H,20,21);1H. The molecule has 2 rings (SSSR count). The Labute approximate surface area is 142 Å². The summed E-state index contributed by atoms with van der Waals surface area (Å²) >= 11 is 0. The molecule has 0 aromatic rings. The molecule has 1 heterocycles. The maximum Gasteiger partial charge on any atom is 0.223 e. The van der Waals surface area contributed by atoms with Crippen molar-refractivity contribution in [2.24, 2.45) is 23.7 Å². The van der Waals surface area contributed by atoms with Crippen molar-refractivity contribution in [3.05, 3.63) is 0 Å². The highest BCUT2D eigenvalue weighted by molar-refractivity contribution is 5.85. The van der Waals surface area contributed by atoms with Crippen molar-refractivity contribution < 1.29 is 4.79 Å². The van der Waals surface area contributed by atoms with Gasteiger partial charge in [-0.3, -0.25) is 4.79 Å². The molecule has 1 saturated carbocycles. The smallest absolute Gasteiger partial charge is 0.223 e. The van der Waals surface area contributed by atoms with Gasteiger partial charge >= 0.3 is 0 Å². The fraction of sp³-hybridized carbons (Fsp3) is 0.944. The highest BCUT2D eigenvalue weighted by Crippen LogP contribution is 2.31. The van der Waals surface area contributed by atoms with Crippen LogP contribution in [0.4, 0.5) is 0 Å². The van der Waals surface area contributed by atoms with Gasteiger partial charge in [0.25, 0.3) is 0 Å². The third-order valence-electron chi connectivity index (χ3n) is 5.47. The van der Waals surface area contributed by atoms with Crippen LogP contribution in [0.15, 0.2) is 0 Å². The van der Waals surface area contributed by atoms with Crippen molar-refractivity contribution in [1.29, 1.82) is 0 Å². The Morgan fingerprint density at radius 3 is 2.45 bits per heavy atom. The van der Waals surface area contributed by atoms with Crippen molar-refractivity contribution in [3.63, 3.8) is 0 Å². The summed E-state index contributed by atoms with van der Waals surface area (Å²) in [5, 5.41) is 6.61. The number of carbonyl (C=O) groups is 1. The van der Waals surface area contributed by atoms with Crippen LogP contribution >= 0.6 is 12.4 Å². The topological polar surface area (TPSA) is 41.1 Å². The molecule has 2 fully saturated rings. The molecule has 3 nitrogen and oxygen atoms in total. The zero-order valence-electron chi connectivity index (χ0n) is 14.4. The second-order valence-electron chi connectivity index (χ2n) is 7.53. The molecule has 0 radical (unpaired) electrons. The third kappa shape index (κ3) is 6.45. The molecular weight excluding hydrogens is 296 g/mol. The molecular formula is C18H35ClN2O. The zero-order valence-corrected chi connectivity index (χ0v) is 15.2. The largest absolute Gasteiger partial charge is 0.356 e. The summed E-state index contributed by atoms with van der Waals surface area (Å²) in [4.78, 5) is 12.5. The van der Waals surface area contributed by atoms with Gasteiger partial charge < -0.3 is 10.6 Å². The van der Waals surface area contributed by atoms with Crippen molar-refractivity contribution in [2.75, 3.05) is 19.6 Å². The molecule has 0 aromatic carbocycles. The molecule has 1 aliphatic carbocycles. The Hall–Kier alpha value is -0.280. The quantitative estimate of drug-likeness (QED) is 0.746. The Balaban J connectivity index is 0.00000242. The minimum atomic E-state index is 0. The lowest BCUT2D eigenvalue weighted by Gasteiger charge is -2.28. The van der Waals surface area contributed by atoms with Gasteiger partial charge in [-0.2, -0.15) is 0 Å². The van der Waals surface area contributed by atoms with E-state index < -0.39 is 0 Å². The molecule has 2 aliphatic rings. The van der Waals surface area contributed by atoms with Crippen molar-refractivity contribution in [1.82, 2.24) is 10.6 Å².